The second-order valence-electron chi connectivity index (χ2n) is 5.80. The number of primary amides is 1. The topological polar surface area (TPSA) is 105 Å². The predicted octanol–water partition coefficient (Wildman–Crippen LogP) is 1.08. The predicted molar refractivity (Wildman–Crippen MR) is 83.9 cm³/mol. The average Bonchev–Trinajstić information content (AvgIpc) is 3.19. The number of carbonyl (C=O) groups is 1. The van der Waals surface area contributed by atoms with E-state index < -0.39 is 15.9 Å². The van der Waals surface area contributed by atoms with Crippen molar-refractivity contribution in [2.24, 2.45) is 5.73 Å². The van der Waals surface area contributed by atoms with Crippen molar-refractivity contribution < 1.29 is 17.9 Å². The largest absolute Gasteiger partial charge is 0.375 e. The van der Waals surface area contributed by atoms with Crippen LogP contribution in [0.1, 0.15) is 16.9 Å². The summed E-state index contributed by atoms with van der Waals surface area (Å²) in [6.07, 6.45) is 0.592. The molecule has 3 heterocycles. The average molecular weight is 356 g/mol. The minimum absolute atomic E-state index is 0.0828. The Labute approximate surface area is 137 Å². The van der Waals surface area contributed by atoms with Gasteiger partial charge in [-0.3, -0.25) is 4.79 Å². The minimum Gasteiger partial charge on any atom is -0.375 e. The van der Waals surface area contributed by atoms with Crippen molar-refractivity contribution in [1.82, 2.24) is 9.29 Å². The third kappa shape index (κ3) is 2.17. The number of benzene rings is 1. The molecule has 2 aliphatic rings. The molecule has 2 unspecified atom stereocenters. The third-order valence-electron chi connectivity index (χ3n) is 4.38. The van der Waals surface area contributed by atoms with Gasteiger partial charge in [0.1, 0.15) is 10.6 Å². The molecule has 122 valence electrons. The summed E-state index contributed by atoms with van der Waals surface area (Å²) in [5.74, 6) is -0.823. The number of morpholine rings is 1. The smallest absolute Gasteiger partial charge is 0.266 e. The van der Waals surface area contributed by atoms with Crippen molar-refractivity contribution in [2.45, 2.75) is 23.5 Å². The van der Waals surface area contributed by atoms with E-state index in [1.165, 1.54) is 10.4 Å². The zero-order valence-electron chi connectivity index (χ0n) is 12.0. The van der Waals surface area contributed by atoms with Crippen molar-refractivity contribution in [1.29, 1.82) is 0 Å². The van der Waals surface area contributed by atoms with E-state index in [4.69, 9.17) is 22.1 Å². The van der Waals surface area contributed by atoms with E-state index >= 15 is 0 Å². The Morgan fingerprint density at radius 2 is 2.22 bits per heavy atom. The molecule has 2 aromatic rings. The molecule has 0 spiro atoms. The van der Waals surface area contributed by atoms with Crippen LogP contribution < -0.4 is 5.73 Å². The molecule has 2 saturated heterocycles. The van der Waals surface area contributed by atoms with Crippen LogP contribution >= 0.6 is 11.6 Å². The summed E-state index contributed by atoms with van der Waals surface area (Å²) in [5.41, 5.74) is 5.76. The molecular weight excluding hydrogens is 342 g/mol. The number of aromatic amines is 1. The van der Waals surface area contributed by atoms with Crippen molar-refractivity contribution in [3.05, 3.63) is 28.9 Å². The molecule has 1 aromatic heterocycles. The van der Waals surface area contributed by atoms with Crippen LogP contribution in [0.2, 0.25) is 5.02 Å². The Kier molecular flexibility index (Phi) is 3.21. The van der Waals surface area contributed by atoms with Crippen LogP contribution in [0.3, 0.4) is 0 Å². The number of hydrogen-bond acceptors (Lipinski definition) is 4. The van der Waals surface area contributed by atoms with Crippen LogP contribution in [-0.2, 0) is 14.8 Å². The molecule has 0 saturated carbocycles. The molecule has 1 aromatic carbocycles. The number of nitrogens with one attached hydrogen (secondary N) is 1. The van der Waals surface area contributed by atoms with Gasteiger partial charge in [-0.15, -0.1) is 0 Å². The van der Waals surface area contributed by atoms with Gasteiger partial charge < -0.3 is 15.5 Å². The van der Waals surface area contributed by atoms with Crippen molar-refractivity contribution >= 4 is 38.4 Å². The van der Waals surface area contributed by atoms with Gasteiger partial charge in [0, 0.05) is 22.5 Å². The Hall–Kier alpha value is -1.61. The number of fused-ring (bicyclic) bond motifs is 3. The van der Waals surface area contributed by atoms with E-state index in [1.54, 1.807) is 12.1 Å². The van der Waals surface area contributed by atoms with E-state index in [0.717, 1.165) is 0 Å². The van der Waals surface area contributed by atoms with Gasteiger partial charge in [0.05, 0.1) is 18.8 Å². The number of rotatable bonds is 3. The number of ether oxygens (including phenoxy) is 1. The molecule has 0 radical (unpaired) electrons. The highest BCUT2D eigenvalue weighted by Gasteiger charge is 2.47. The van der Waals surface area contributed by atoms with Crippen LogP contribution in [0.4, 0.5) is 0 Å². The normalized spacial score (nSPS) is 24.6. The Bertz CT molecular complexity index is 923. The molecule has 7 nitrogen and oxygen atoms in total. The second-order valence-corrected chi connectivity index (χ2v) is 8.07. The molecule has 0 aliphatic carbocycles. The number of amides is 1. The zero-order valence-corrected chi connectivity index (χ0v) is 13.5. The van der Waals surface area contributed by atoms with E-state index in [1.807, 2.05) is 0 Å². The molecule has 2 bridgehead atoms. The molecule has 2 atom stereocenters. The second kappa shape index (κ2) is 4.94. The number of carbonyl (C=O) groups excluding carboxylic acids is 1. The summed E-state index contributed by atoms with van der Waals surface area (Å²) in [6, 6.07) is 4.57. The molecule has 1 amide bonds. The first kappa shape index (κ1) is 14.9. The van der Waals surface area contributed by atoms with E-state index in [0.29, 0.717) is 35.5 Å². The summed E-state index contributed by atoms with van der Waals surface area (Å²) in [5, 5.41) is 0.755. The number of hydrogen-bond donors (Lipinski definition) is 2. The number of sulfonamides is 1. The fourth-order valence-electron chi connectivity index (χ4n) is 3.36. The SMILES string of the molecule is NC(=O)c1[nH]c2ccc(Cl)cc2c1S(=O)(=O)N1CC2CC1CO2. The van der Waals surface area contributed by atoms with Crippen LogP contribution in [0.25, 0.3) is 10.9 Å². The highest BCUT2D eigenvalue weighted by atomic mass is 35.5. The monoisotopic (exact) mass is 355 g/mol. The zero-order chi connectivity index (χ0) is 16.4. The summed E-state index contributed by atoms with van der Waals surface area (Å²) < 4.78 is 33.1. The number of halogens is 1. The van der Waals surface area contributed by atoms with Gasteiger partial charge in [-0.05, 0) is 24.6 Å². The first-order chi connectivity index (χ1) is 10.9. The molecule has 23 heavy (non-hydrogen) atoms. The first-order valence-electron chi connectivity index (χ1n) is 7.12. The lowest BCUT2D eigenvalue weighted by atomic mass is 10.2. The summed E-state index contributed by atoms with van der Waals surface area (Å²) in [6.45, 7) is 0.664. The maximum Gasteiger partial charge on any atom is 0.266 e. The fraction of sp³-hybridized carbons (Fsp3) is 0.357. The van der Waals surface area contributed by atoms with Crippen LogP contribution in [-0.4, -0.2) is 48.9 Å². The number of aromatic nitrogens is 1. The number of H-pyrrole nitrogens is 1. The quantitative estimate of drug-likeness (QED) is 0.859. The van der Waals surface area contributed by atoms with Gasteiger partial charge in [-0.2, -0.15) is 4.31 Å². The number of nitrogens with two attached hydrogens (primary N) is 1. The molecule has 9 heteroatoms. The summed E-state index contributed by atoms with van der Waals surface area (Å²) >= 11 is 5.99. The van der Waals surface area contributed by atoms with E-state index in [9.17, 15) is 13.2 Å². The number of nitrogens with zero attached hydrogens (tertiary/aromatic N) is 1. The van der Waals surface area contributed by atoms with E-state index in [-0.39, 0.29) is 22.7 Å². The van der Waals surface area contributed by atoms with Crippen molar-refractivity contribution in [3.8, 4) is 0 Å². The third-order valence-corrected chi connectivity index (χ3v) is 6.62. The maximum absolute atomic E-state index is 13.1. The van der Waals surface area contributed by atoms with Crippen LogP contribution in [0.5, 0.6) is 0 Å². The highest BCUT2D eigenvalue weighted by Crippen LogP contribution is 2.37. The molecule has 2 fully saturated rings. The van der Waals surface area contributed by atoms with Gasteiger partial charge >= 0.3 is 0 Å². The standard InChI is InChI=1S/C14H14ClN3O4S/c15-7-1-2-11-10(3-7)13(12(17-11)14(16)19)23(20,21)18-5-9-4-8(18)6-22-9/h1-3,8-9,17H,4-6H2,(H2,16,19). The summed E-state index contributed by atoms with van der Waals surface area (Å²) in [7, 11) is -3.88. The van der Waals surface area contributed by atoms with Crippen LogP contribution in [0, 0.1) is 0 Å². The lowest BCUT2D eigenvalue weighted by molar-refractivity contribution is 0.0608. The van der Waals surface area contributed by atoms with Gasteiger partial charge in [-0.1, -0.05) is 11.6 Å². The van der Waals surface area contributed by atoms with Gasteiger partial charge in [0.15, 0.2) is 0 Å². The lowest BCUT2D eigenvalue weighted by Crippen LogP contribution is -2.41. The molecular formula is C14H14ClN3O4S. The van der Waals surface area contributed by atoms with Gasteiger partial charge in [-0.25, -0.2) is 8.42 Å². The van der Waals surface area contributed by atoms with E-state index in [2.05, 4.69) is 4.98 Å². The Balaban J connectivity index is 1.94. The Morgan fingerprint density at radius 3 is 2.83 bits per heavy atom. The van der Waals surface area contributed by atoms with Gasteiger partial charge in [0.2, 0.25) is 10.0 Å². The first-order valence-corrected chi connectivity index (χ1v) is 8.94. The maximum atomic E-state index is 13.1. The lowest BCUT2D eigenvalue weighted by Gasteiger charge is -2.26. The van der Waals surface area contributed by atoms with Crippen molar-refractivity contribution in [2.75, 3.05) is 13.2 Å². The molecule has 2 aliphatic heterocycles. The highest BCUT2D eigenvalue weighted by molar-refractivity contribution is 7.89. The fourth-order valence-corrected chi connectivity index (χ4v) is 5.52. The van der Waals surface area contributed by atoms with Gasteiger partial charge in [0.25, 0.3) is 5.91 Å². The molecule has 3 N–H and O–H groups in total. The van der Waals surface area contributed by atoms with Crippen LogP contribution in [0.15, 0.2) is 23.1 Å². The minimum atomic E-state index is -3.88. The molecule has 4 rings (SSSR count). The van der Waals surface area contributed by atoms with Crippen molar-refractivity contribution in [3.63, 3.8) is 0 Å². The summed E-state index contributed by atoms with van der Waals surface area (Å²) in [4.78, 5) is 14.4. The Morgan fingerprint density at radius 1 is 1.43 bits per heavy atom.